The Hall–Kier alpha value is -1.36. The first-order valence-corrected chi connectivity index (χ1v) is 7.53. The van der Waals surface area contributed by atoms with Gasteiger partial charge in [0.05, 0.1) is 6.54 Å². The normalized spacial score (nSPS) is 18.6. The molecule has 0 aliphatic carbocycles. The van der Waals surface area contributed by atoms with E-state index in [1.54, 1.807) is 16.2 Å². The Bertz CT molecular complexity index is 491. The molecule has 0 unspecified atom stereocenters. The molecule has 1 aliphatic heterocycles. The lowest BCUT2D eigenvalue weighted by molar-refractivity contribution is -0.151. The highest BCUT2D eigenvalue weighted by Gasteiger charge is 2.43. The van der Waals surface area contributed by atoms with E-state index in [9.17, 15) is 9.59 Å². The molecule has 104 valence electrons. The molecule has 0 saturated carbocycles. The summed E-state index contributed by atoms with van der Waals surface area (Å²) in [4.78, 5) is 27.3. The molecule has 4 nitrogen and oxygen atoms in total. The Labute approximate surface area is 117 Å². The number of thiophene rings is 1. The van der Waals surface area contributed by atoms with Gasteiger partial charge < -0.3 is 10.2 Å². The molecule has 1 fully saturated rings. The van der Waals surface area contributed by atoms with E-state index >= 15 is 0 Å². The van der Waals surface area contributed by atoms with E-state index < -0.39 is 5.54 Å². The van der Waals surface area contributed by atoms with E-state index in [2.05, 4.69) is 5.32 Å². The number of aryl methyl sites for hydroxylation is 1. The number of amides is 2. The van der Waals surface area contributed by atoms with E-state index in [-0.39, 0.29) is 18.4 Å². The van der Waals surface area contributed by atoms with Crippen molar-refractivity contribution in [2.75, 3.05) is 6.54 Å². The van der Waals surface area contributed by atoms with E-state index in [1.165, 1.54) is 5.56 Å². The first kappa shape index (κ1) is 14.1. The highest BCUT2D eigenvalue weighted by Crippen LogP contribution is 2.25. The van der Waals surface area contributed by atoms with Crippen LogP contribution >= 0.6 is 11.3 Å². The second-order valence-corrected chi connectivity index (χ2v) is 6.03. The Morgan fingerprint density at radius 1 is 1.37 bits per heavy atom. The fourth-order valence-electron chi connectivity index (χ4n) is 2.50. The molecule has 19 heavy (non-hydrogen) atoms. The predicted molar refractivity (Wildman–Crippen MR) is 75.9 cm³/mol. The molecule has 2 heterocycles. The van der Waals surface area contributed by atoms with Gasteiger partial charge in [0.25, 0.3) is 0 Å². The minimum atomic E-state index is -0.708. The molecule has 1 aliphatic rings. The van der Waals surface area contributed by atoms with E-state index in [4.69, 9.17) is 0 Å². The summed E-state index contributed by atoms with van der Waals surface area (Å²) in [6.45, 7) is 6.63. The van der Waals surface area contributed by atoms with E-state index in [0.717, 1.165) is 4.88 Å². The maximum atomic E-state index is 12.6. The van der Waals surface area contributed by atoms with Gasteiger partial charge in [-0.25, -0.2) is 0 Å². The number of carbonyl (C=O) groups excluding carboxylic acids is 2. The van der Waals surface area contributed by atoms with Gasteiger partial charge >= 0.3 is 0 Å². The van der Waals surface area contributed by atoms with Gasteiger partial charge in [0.15, 0.2) is 0 Å². The van der Waals surface area contributed by atoms with Crippen molar-refractivity contribution in [3.8, 4) is 0 Å². The minimum Gasteiger partial charge on any atom is -0.340 e. The van der Waals surface area contributed by atoms with Crippen LogP contribution in [0.5, 0.6) is 0 Å². The Balaban J connectivity index is 2.23. The van der Waals surface area contributed by atoms with Gasteiger partial charge in [-0.05, 0) is 36.8 Å². The average Bonchev–Trinajstić information content (AvgIpc) is 2.79. The van der Waals surface area contributed by atoms with Crippen molar-refractivity contribution in [1.29, 1.82) is 0 Å². The second kappa shape index (κ2) is 5.33. The Morgan fingerprint density at radius 2 is 2.05 bits per heavy atom. The van der Waals surface area contributed by atoms with Gasteiger partial charge in [0.1, 0.15) is 12.1 Å². The highest BCUT2D eigenvalue weighted by molar-refractivity contribution is 7.10. The molecule has 0 bridgehead atoms. The van der Waals surface area contributed by atoms with Crippen LogP contribution in [0.3, 0.4) is 0 Å². The zero-order valence-electron chi connectivity index (χ0n) is 11.7. The number of nitrogens with zero attached hydrogens (tertiary/aromatic N) is 1. The fraction of sp³-hybridized carbons (Fsp3) is 0.571. The second-order valence-electron chi connectivity index (χ2n) is 5.03. The molecule has 2 rings (SSSR count). The summed E-state index contributed by atoms with van der Waals surface area (Å²) >= 11 is 1.64. The van der Waals surface area contributed by atoms with Gasteiger partial charge in [0.2, 0.25) is 11.8 Å². The Kier molecular flexibility index (Phi) is 3.94. The monoisotopic (exact) mass is 280 g/mol. The molecule has 1 aromatic rings. The van der Waals surface area contributed by atoms with Crippen molar-refractivity contribution in [3.63, 3.8) is 0 Å². The van der Waals surface area contributed by atoms with Crippen LogP contribution < -0.4 is 5.32 Å². The largest absolute Gasteiger partial charge is 0.340 e. The molecular formula is C14H20N2O2S. The summed E-state index contributed by atoms with van der Waals surface area (Å²) in [5.74, 6) is -0.0117. The molecule has 1 N–H and O–H groups in total. The van der Waals surface area contributed by atoms with Gasteiger partial charge in [-0.15, -0.1) is 11.3 Å². The minimum absolute atomic E-state index is 0.0462. The van der Waals surface area contributed by atoms with E-state index in [0.29, 0.717) is 19.4 Å². The zero-order chi connectivity index (χ0) is 14.0. The number of piperazine rings is 1. The van der Waals surface area contributed by atoms with Gasteiger partial charge in [-0.3, -0.25) is 9.59 Å². The maximum Gasteiger partial charge on any atom is 0.249 e. The number of rotatable bonds is 4. The molecule has 0 aromatic carbocycles. The number of carbonyl (C=O) groups is 2. The first-order chi connectivity index (χ1) is 9.02. The topological polar surface area (TPSA) is 49.4 Å². The van der Waals surface area contributed by atoms with Gasteiger partial charge in [-0.2, -0.15) is 0 Å². The SMILES string of the molecule is CCC1(CC)NC(=O)CN(Cc2sccc2C)C1=O. The fourth-order valence-corrected chi connectivity index (χ4v) is 3.42. The van der Waals surface area contributed by atoms with Crippen LogP contribution in [0.1, 0.15) is 37.1 Å². The van der Waals surface area contributed by atoms with Gasteiger partial charge in [0, 0.05) is 4.88 Å². The van der Waals surface area contributed by atoms with Crippen LogP contribution in [0.25, 0.3) is 0 Å². The third kappa shape index (κ3) is 2.52. The van der Waals surface area contributed by atoms with Crippen molar-refractivity contribution in [1.82, 2.24) is 10.2 Å². The van der Waals surface area contributed by atoms with Gasteiger partial charge in [-0.1, -0.05) is 13.8 Å². The summed E-state index contributed by atoms with van der Waals surface area (Å²) in [5.41, 5.74) is 0.475. The third-order valence-electron chi connectivity index (χ3n) is 3.92. The van der Waals surface area contributed by atoms with Crippen molar-refractivity contribution in [2.45, 2.75) is 45.7 Å². The number of nitrogens with one attached hydrogen (secondary N) is 1. The zero-order valence-corrected chi connectivity index (χ0v) is 12.5. The highest BCUT2D eigenvalue weighted by atomic mass is 32.1. The molecule has 0 atom stereocenters. The summed E-state index contributed by atoms with van der Waals surface area (Å²) in [6.07, 6.45) is 1.27. The smallest absolute Gasteiger partial charge is 0.249 e. The van der Waals surface area contributed by atoms with Crippen molar-refractivity contribution >= 4 is 23.2 Å². The molecule has 5 heteroatoms. The van der Waals surface area contributed by atoms with Crippen LogP contribution in [0.2, 0.25) is 0 Å². The quantitative estimate of drug-likeness (QED) is 0.918. The molecule has 1 aromatic heterocycles. The first-order valence-electron chi connectivity index (χ1n) is 6.65. The average molecular weight is 280 g/mol. The lowest BCUT2D eigenvalue weighted by Gasteiger charge is -2.41. The third-order valence-corrected chi connectivity index (χ3v) is 4.93. The van der Waals surface area contributed by atoms with Crippen LogP contribution in [-0.2, 0) is 16.1 Å². The molecule has 0 spiro atoms. The lowest BCUT2D eigenvalue weighted by Crippen LogP contribution is -2.65. The summed E-state index contributed by atoms with van der Waals surface area (Å²) in [7, 11) is 0. The molecule has 2 amide bonds. The predicted octanol–water partition coefficient (Wildman–Crippen LogP) is 2.07. The standard InChI is InChI=1S/C14H20N2O2S/c1-4-14(5-2)13(18)16(9-12(17)15-14)8-11-10(3)6-7-19-11/h6-7H,4-5,8-9H2,1-3H3,(H,15,17). The number of hydrogen-bond acceptors (Lipinski definition) is 3. The maximum absolute atomic E-state index is 12.6. The molecular weight excluding hydrogens is 260 g/mol. The van der Waals surface area contributed by atoms with Crippen LogP contribution in [0.15, 0.2) is 11.4 Å². The van der Waals surface area contributed by atoms with Crippen LogP contribution in [-0.4, -0.2) is 28.8 Å². The Morgan fingerprint density at radius 3 is 2.58 bits per heavy atom. The van der Waals surface area contributed by atoms with E-state index in [1.807, 2.05) is 32.2 Å². The van der Waals surface area contributed by atoms with Crippen molar-refractivity contribution in [3.05, 3.63) is 21.9 Å². The van der Waals surface area contributed by atoms with Crippen LogP contribution in [0, 0.1) is 6.92 Å². The summed E-state index contributed by atoms with van der Waals surface area (Å²) in [6, 6.07) is 2.04. The van der Waals surface area contributed by atoms with Crippen LogP contribution in [0.4, 0.5) is 0 Å². The molecule has 1 saturated heterocycles. The van der Waals surface area contributed by atoms with Crippen molar-refractivity contribution < 1.29 is 9.59 Å². The molecule has 0 radical (unpaired) electrons. The summed E-state index contributed by atoms with van der Waals surface area (Å²) < 4.78 is 0. The lowest BCUT2D eigenvalue weighted by atomic mass is 9.89. The van der Waals surface area contributed by atoms with Crippen molar-refractivity contribution in [2.24, 2.45) is 0 Å². The summed E-state index contributed by atoms with van der Waals surface area (Å²) in [5, 5.41) is 4.90. The number of hydrogen-bond donors (Lipinski definition) is 1.